The lowest BCUT2D eigenvalue weighted by molar-refractivity contribution is 0.473. The Morgan fingerprint density at radius 1 is 0.410 bits per heavy atom. The van der Waals surface area contributed by atoms with Gasteiger partial charge in [-0.15, -0.1) is 0 Å². The second-order valence-electron chi connectivity index (χ2n) is 29.1. The van der Waals surface area contributed by atoms with Crippen molar-refractivity contribution in [2.24, 2.45) is 0 Å². The van der Waals surface area contributed by atoms with Crippen molar-refractivity contribution in [3.63, 3.8) is 0 Å². The van der Waals surface area contributed by atoms with E-state index >= 15 is 0 Å². The molecule has 2 heterocycles. The summed E-state index contributed by atoms with van der Waals surface area (Å²) in [5.74, 6) is 3.44. The fourth-order valence-electron chi connectivity index (χ4n) is 12.0. The van der Waals surface area contributed by atoms with Crippen LogP contribution in [-0.4, -0.2) is 9.55 Å². The number of imidazole rings is 1. The highest BCUT2D eigenvalue weighted by atomic mass is 16.5. The smallest absolute Gasteiger partial charge is 0.145 e. The van der Waals surface area contributed by atoms with Gasteiger partial charge in [0, 0.05) is 5.56 Å². The maximum absolute atomic E-state index is 7.41. The van der Waals surface area contributed by atoms with Crippen LogP contribution in [0.3, 0.4) is 0 Å². The first-order valence-corrected chi connectivity index (χ1v) is 30.7. The molecule has 1 aliphatic rings. The number of rotatable bonds is 12. The summed E-state index contributed by atoms with van der Waals surface area (Å²) in [6.45, 7) is 46.5. The average Bonchev–Trinajstić information content (AvgIpc) is 3.87. The van der Waals surface area contributed by atoms with Crippen LogP contribution in [0, 0.1) is 0 Å². The second kappa shape index (κ2) is 22.0. The van der Waals surface area contributed by atoms with Gasteiger partial charge >= 0.3 is 0 Å². The van der Waals surface area contributed by atoms with Crippen LogP contribution in [0.1, 0.15) is 218 Å². The topological polar surface area (TPSA) is 42.3 Å². The number of hydrogen-bond donors (Lipinski definition) is 1. The molecule has 1 aromatic heterocycles. The standard InChI is InChI=1S/C78H92N4O/c1-47(2)63-40-53(51-28-22-21-23-29-51)41-64(48(3)4)71(63)81-69-32-26-24-30-67(69)79-73(81)55-36-59(77(15,16)17)45-61(38-55)83-62-39-56(37-60(46-62)78(18,19)20)74-80-68-31-25-27-33-70(68)82(74)72-65(49(5)6)42-54(43-66(72)50(7)8)52-34-57(75(9,10)11)44-58(35-52)76(12,13)14/h21-50,73,79H,1-20H3. The number of aromatic nitrogens is 2. The van der Waals surface area contributed by atoms with E-state index in [4.69, 9.17) is 9.72 Å². The molecule has 1 atom stereocenters. The molecule has 5 heteroatoms. The summed E-state index contributed by atoms with van der Waals surface area (Å²) in [6, 6.07) is 59.2. The highest BCUT2D eigenvalue weighted by Crippen LogP contribution is 2.53. The van der Waals surface area contributed by atoms with Gasteiger partial charge in [0.05, 0.1) is 33.8 Å². The van der Waals surface area contributed by atoms with Crippen LogP contribution in [0.25, 0.3) is 50.4 Å². The third-order valence-corrected chi connectivity index (χ3v) is 17.0. The minimum absolute atomic E-state index is 0.00279. The highest BCUT2D eigenvalue weighted by molar-refractivity contribution is 5.88. The van der Waals surface area contributed by atoms with E-state index in [1.807, 2.05) is 0 Å². The first-order valence-electron chi connectivity index (χ1n) is 30.7. The molecule has 0 radical (unpaired) electrons. The Labute approximate surface area is 498 Å². The minimum Gasteiger partial charge on any atom is -0.457 e. The molecular formula is C78H92N4O. The number of nitrogens with zero attached hydrogens (tertiary/aromatic N) is 3. The molecular weight excluding hydrogens is 1010 g/mol. The van der Waals surface area contributed by atoms with Gasteiger partial charge in [0.2, 0.25) is 0 Å². The number of nitrogens with one attached hydrogen (secondary N) is 1. The van der Waals surface area contributed by atoms with Crippen LogP contribution < -0.4 is 15.0 Å². The van der Waals surface area contributed by atoms with E-state index in [0.29, 0.717) is 0 Å². The van der Waals surface area contributed by atoms with Gasteiger partial charge in [0.1, 0.15) is 23.5 Å². The lowest BCUT2D eigenvalue weighted by Gasteiger charge is -2.34. The predicted molar refractivity (Wildman–Crippen MR) is 356 cm³/mol. The Morgan fingerprint density at radius 2 is 0.843 bits per heavy atom. The molecule has 0 amide bonds. The van der Waals surface area contributed by atoms with Crippen molar-refractivity contribution in [2.45, 2.75) is 190 Å². The normalized spacial score (nSPS) is 14.2. The molecule has 83 heavy (non-hydrogen) atoms. The zero-order valence-electron chi connectivity index (χ0n) is 53.6. The van der Waals surface area contributed by atoms with Crippen LogP contribution in [0.4, 0.5) is 17.1 Å². The van der Waals surface area contributed by atoms with Crippen molar-refractivity contribution in [1.29, 1.82) is 0 Å². The van der Waals surface area contributed by atoms with Crippen LogP contribution >= 0.6 is 0 Å². The van der Waals surface area contributed by atoms with E-state index in [-0.39, 0.29) is 51.5 Å². The molecule has 1 aliphatic heterocycles. The average molecular weight is 1100 g/mol. The maximum atomic E-state index is 7.41. The monoisotopic (exact) mass is 1100 g/mol. The van der Waals surface area contributed by atoms with E-state index in [2.05, 4.69) is 311 Å². The predicted octanol–water partition coefficient (Wildman–Crippen LogP) is 22.8. The number of anilines is 3. The molecule has 0 saturated carbocycles. The number of ether oxygens (including phenoxy) is 1. The van der Waals surface area contributed by atoms with Crippen molar-refractivity contribution in [2.75, 3.05) is 10.2 Å². The second-order valence-corrected chi connectivity index (χ2v) is 29.1. The molecule has 0 bridgehead atoms. The van der Waals surface area contributed by atoms with Gasteiger partial charge in [0.15, 0.2) is 0 Å². The Balaban J connectivity index is 1.15. The van der Waals surface area contributed by atoms with Crippen molar-refractivity contribution in [3.05, 3.63) is 208 Å². The summed E-state index contributed by atoms with van der Waals surface area (Å²) in [5.41, 5.74) is 23.9. The zero-order valence-corrected chi connectivity index (χ0v) is 53.6. The van der Waals surface area contributed by atoms with Crippen LogP contribution in [0.15, 0.2) is 158 Å². The first-order chi connectivity index (χ1) is 39.0. The molecule has 1 unspecified atom stereocenters. The first kappa shape index (κ1) is 58.8. The molecule has 0 aliphatic carbocycles. The minimum atomic E-state index is -0.217. The summed E-state index contributed by atoms with van der Waals surface area (Å²) >= 11 is 0. The van der Waals surface area contributed by atoms with E-state index < -0.39 is 0 Å². The van der Waals surface area contributed by atoms with Crippen LogP contribution in [0.2, 0.25) is 0 Å². The SMILES string of the molecule is CC(C)c1cc(-c2ccccc2)cc(C(C)C)c1N1c2ccccc2NC1c1cc(Oc2cc(-c3nc4ccccc4n3-c3c(C(C)C)cc(-c4cc(C(C)(C)C)cc(C(C)(C)C)c4)cc3C(C)C)cc(C(C)(C)C)c2)cc(C(C)(C)C)c1. The molecule has 0 fully saturated rings. The van der Waals surface area contributed by atoms with Gasteiger partial charge in [-0.2, -0.15) is 0 Å². The maximum Gasteiger partial charge on any atom is 0.145 e. The van der Waals surface area contributed by atoms with Gasteiger partial charge in [-0.1, -0.05) is 217 Å². The Bertz CT molecular complexity index is 3770. The van der Waals surface area contributed by atoms with Gasteiger partial charge < -0.3 is 15.0 Å². The van der Waals surface area contributed by atoms with E-state index in [0.717, 1.165) is 45.2 Å². The van der Waals surface area contributed by atoms with Crippen molar-refractivity contribution >= 4 is 28.1 Å². The number of benzene rings is 8. The number of hydrogen-bond acceptors (Lipinski definition) is 4. The third-order valence-electron chi connectivity index (χ3n) is 17.0. The highest BCUT2D eigenvalue weighted by Gasteiger charge is 2.37. The summed E-state index contributed by atoms with van der Waals surface area (Å²) in [6.07, 6.45) is -0.217. The molecule has 0 spiro atoms. The van der Waals surface area contributed by atoms with Gasteiger partial charge in [-0.3, -0.25) is 4.57 Å². The fourth-order valence-corrected chi connectivity index (χ4v) is 12.0. The van der Waals surface area contributed by atoms with Crippen molar-refractivity contribution in [3.8, 4) is 50.8 Å². The molecule has 0 saturated heterocycles. The quantitative estimate of drug-likeness (QED) is 0.132. The molecule has 9 aromatic rings. The van der Waals surface area contributed by atoms with Crippen LogP contribution in [-0.2, 0) is 21.7 Å². The van der Waals surface area contributed by atoms with E-state index in [1.54, 1.807) is 0 Å². The summed E-state index contributed by atoms with van der Waals surface area (Å²) in [4.78, 5) is 8.20. The zero-order chi connectivity index (χ0) is 59.8. The van der Waals surface area contributed by atoms with E-state index in [9.17, 15) is 0 Å². The fraction of sp³-hybridized carbons (Fsp3) is 0.372. The van der Waals surface area contributed by atoms with Gasteiger partial charge in [0.25, 0.3) is 0 Å². The van der Waals surface area contributed by atoms with Crippen LogP contribution in [0.5, 0.6) is 11.5 Å². The number of fused-ring (bicyclic) bond motifs is 2. The summed E-state index contributed by atoms with van der Waals surface area (Å²) < 4.78 is 9.88. The Kier molecular flexibility index (Phi) is 15.6. The van der Waals surface area contributed by atoms with Crippen molar-refractivity contribution in [1.82, 2.24) is 9.55 Å². The molecule has 1 N–H and O–H groups in total. The van der Waals surface area contributed by atoms with Gasteiger partial charge in [-0.25, -0.2) is 4.98 Å². The van der Waals surface area contributed by atoms with E-state index in [1.165, 1.54) is 83.8 Å². The number of para-hydroxylation sites is 4. The molecule has 430 valence electrons. The third kappa shape index (κ3) is 11.8. The lowest BCUT2D eigenvalue weighted by atomic mass is 9.78. The lowest BCUT2D eigenvalue weighted by Crippen LogP contribution is -2.27. The largest absolute Gasteiger partial charge is 0.457 e. The Hall–Kier alpha value is -7.37. The summed E-state index contributed by atoms with van der Waals surface area (Å²) in [5, 5.41) is 4.06. The molecule has 5 nitrogen and oxygen atoms in total. The Morgan fingerprint density at radius 3 is 1.39 bits per heavy atom. The van der Waals surface area contributed by atoms with Gasteiger partial charge in [-0.05, 0) is 197 Å². The molecule has 10 rings (SSSR count). The molecule has 8 aromatic carbocycles. The summed E-state index contributed by atoms with van der Waals surface area (Å²) in [7, 11) is 0. The van der Waals surface area contributed by atoms with Crippen molar-refractivity contribution < 1.29 is 4.74 Å².